The number of hydrogen-bond donors (Lipinski definition) is 0. The van der Waals surface area contributed by atoms with Gasteiger partial charge in [0.1, 0.15) is 8.80 Å². The van der Waals surface area contributed by atoms with Gasteiger partial charge >= 0.3 is 0 Å². The number of anilines is 3. The summed E-state index contributed by atoms with van der Waals surface area (Å²) < 4.78 is 0. The first-order valence-corrected chi connectivity index (χ1v) is 18.7. The second-order valence-corrected chi connectivity index (χ2v) is 16.1. The Morgan fingerprint density at radius 1 is 0.500 bits per heavy atom. The summed E-state index contributed by atoms with van der Waals surface area (Å²) in [5.41, 5.74) is 14.3. The van der Waals surface area contributed by atoms with Crippen LogP contribution in [0.4, 0.5) is 17.1 Å². The molecule has 1 nitrogen and oxygen atoms in total. The highest BCUT2D eigenvalue weighted by molar-refractivity contribution is 6.88. The van der Waals surface area contributed by atoms with Gasteiger partial charge in [0.05, 0.1) is 5.69 Å². The van der Waals surface area contributed by atoms with Gasteiger partial charge in [0, 0.05) is 27.7 Å². The molecule has 1 heterocycles. The van der Waals surface area contributed by atoms with E-state index in [9.17, 15) is 0 Å². The van der Waals surface area contributed by atoms with Crippen molar-refractivity contribution in [1.29, 1.82) is 0 Å². The predicted molar refractivity (Wildman–Crippen MR) is 199 cm³/mol. The van der Waals surface area contributed by atoms with Crippen LogP contribution in [0.15, 0.2) is 152 Å². The number of rotatable bonds is 4. The molecule has 1 atom stereocenters. The van der Waals surface area contributed by atoms with Crippen LogP contribution in [0.2, 0.25) is 6.55 Å². The lowest BCUT2D eigenvalue weighted by molar-refractivity contribution is 0.661. The van der Waals surface area contributed by atoms with Gasteiger partial charge in [-0.05, 0) is 79.8 Å². The van der Waals surface area contributed by atoms with Gasteiger partial charge < -0.3 is 4.90 Å². The maximum atomic E-state index is 2.55. The van der Waals surface area contributed by atoms with E-state index in [-0.39, 0.29) is 5.41 Å². The molecule has 0 amide bonds. The fourth-order valence-corrected chi connectivity index (χ4v) is 10.7. The maximum absolute atomic E-state index is 2.55. The summed E-state index contributed by atoms with van der Waals surface area (Å²) in [4.78, 5) is 2.55. The van der Waals surface area contributed by atoms with Crippen molar-refractivity contribution in [3.05, 3.63) is 163 Å². The molecule has 1 aliphatic heterocycles. The van der Waals surface area contributed by atoms with Gasteiger partial charge in [-0.15, -0.1) is 0 Å². The standard InChI is InChI=1S/C44H35NSi/c1-44(2)38-19-11-9-18-37(38)42-39(44)27-31-15-7-8-16-34(31)43(42)45(32-23-21-30(22-24-32)29-13-5-4-6-14-29)33-25-26-36-35-17-10-12-20-40(35)46(3)41(36)28-33/h4-28,46H,1-3H3. The molecule has 0 aromatic heterocycles. The summed E-state index contributed by atoms with van der Waals surface area (Å²) in [6, 6.07) is 56.6. The average Bonchev–Trinajstić information content (AvgIpc) is 3.52. The molecular formula is C44H35NSi. The highest BCUT2D eigenvalue weighted by Gasteiger charge is 2.39. The molecule has 9 rings (SSSR count). The van der Waals surface area contributed by atoms with Gasteiger partial charge in [0.15, 0.2) is 0 Å². The van der Waals surface area contributed by atoms with Crippen molar-refractivity contribution in [3.63, 3.8) is 0 Å². The Balaban J connectivity index is 1.34. The fraction of sp³-hybridized carbons (Fsp3) is 0.0909. The summed E-state index contributed by atoms with van der Waals surface area (Å²) in [7, 11) is -1.32. The largest absolute Gasteiger partial charge is 0.309 e. The molecule has 2 aliphatic rings. The number of hydrogen-bond acceptors (Lipinski definition) is 1. The van der Waals surface area contributed by atoms with Gasteiger partial charge in [-0.3, -0.25) is 0 Å². The van der Waals surface area contributed by atoms with Crippen molar-refractivity contribution in [2.45, 2.75) is 25.8 Å². The molecule has 7 aromatic carbocycles. The van der Waals surface area contributed by atoms with Crippen LogP contribution in [0.1, 0.15) is 25.0 Å². The van der Waals surface area contributed by atoms with Gasteiger partial charge in [-0.2, -0.15) is 0 Å². The molecule has 220 valence electrons. The first-order valence-electron chi connectivity index (χ1n) is 16.4. The minimum atomic E-state index is -1.32. The van der Waals surface area contributed by atoms with E-state index in [1.165, 1.54) is 77.5 Å². The molecule has 0 spiro atoms. The highest BCUT2D eigenvalue weighted by Crippen LogP contribution is 2.56. The smallest absolute Gasteiger partial charge is 0.101 e. The number of fused-ring (bicyclic) bond motifs is 7. The summed E-state index contributed by atoms with van der Waals surface area (Å²) in [5, 5.41) is 5.63. The molecule has 0 saturated heterocycles. The van der Waals surface area contributed by atoms with Crippen molar-refractivity contribution >= 4 is 47.0 Å². The van der Waals surface area contributed by atoms with Crippen LogP contribution in [-0.4, -0.2) is 8.80 Å². The first-order chi connectivity index (χ1) is 22.5. The topological polar surface area (TPSA) is 3.24 Å². The third kappa shape index (κ3) is 3.93. The second-order valence-electron chi connectivity index (χ2n) is 13.4. The monoisotopic (exact) mass is 605 g/mol. The van der Waals surface area contributed by atoms with Gasteiger partial charge in [0.25, 0.3) is 0 Å². The van der Waals surface area contributed by atoms with Crippen LogP contribution < -0.4 is 15.3 Å². The number of nitrogens with zero attached hydrogens (tertiary/aromatic N) is 1. The van der Waals surface area contributed by atoms with E-state index in [1.54, 1.807) is 5.19 Å². The fourth-order valence-electron chi connectivity index (χ4n) is 8.14. The molecule has 7 aromatic rings. The Morgan fingerprint density at radius 3 is 1.96 bits per heavy atom. The Hall–Kier alpha value is -5.18. The Morgan fingerprint density at radius 2 is 1.13 bits per heavy atom. The zero-order valence-corrected chi connectivity index (χ0v) is 27.6. The normalized spacial score (nSPS) is 15.2. The molecule has 0 bridgehead atoms. The van der Waals surface area contributed by atoms with Crippen molar-refractivity contribution in [2.24, 2.45) is 0 Å². The summed E-state index contributed by atoms with van der Waals surface area (Å²) >= 11 is 0. The minimum Gasteiger partial charge on any atom is -0.309 e. The molecular weight excluding hydrogens is 571 g/mol. The second kappa shape index (κ2) is 10.2. The van der Waals surface area contributed by atoms with Gasteiger partial charge in [-0.1, -0.05) is 147 Å². The molecule has 0 saturated carbocycles. The van der Waals surface area contributed by atoms with Crippen LogP contribution in [0.3, 0.4) is 0 Å². The Bertz CT molecular complexity index is 2300. The lowest BCUT2D eigenvalue weighted by Gasteiger charge is -2.31. The highest BCUT2D eigenvalue weighted by atomic mass is 28.3. The van der Waals surface area contributed by atoms with E-state index in [0.29, 0.717) is 0 Å². The van der Waals surface area contributed by atoms with Crippen LogP contribution in [-0.2, 0) is 5.41 Å². The molecule has 46 heavy (non-hydrogen) atoms. The van der Waals surface area contributed by atoms with Crippen molar-refractivity contribution < 1.29 is 0 Å². The zero-order valence-electron chi connectivity index (χ0n) is 26.5. The van der Waals surface area contributed by atoms with Crippen LogP contribution in [0, 0.1) is 0 Å². The SMILES string of the molecule is C[SiH]1c2ccccc2-c2ccc(N(c3ccc(-c4ccccc4)cc3)c3c4c(cc5ccccc35)C(C)(C)c3ccccc3-4)cc21. The molecule has 0 fully saturated rings. The number of benzene rings is 7. The summed E-state index contributed by atoms with van der Waals surface area (Å²) in [6.45, 7) is 7.26. The van der Waals surface area contributed by atoms with E-state index in [4.69, 9.17) is 0 Å². The first kappa shape index (κ1) is 27.2. The molecule has 1 unspecified atom stereocenters. The third-order valence-electron chi connectivity index (χ3n) is 10.5. The lowest BCUT2D eigenvalue weighted by Crippen LogP contribution is -2.34. The summed E-state index contributed by atoms with van der Waals surface area (Å²) in [6.07, 6.45) is 0. The molecule has 1 aliphatic carbocycles. The Labute approximate surface area is 273 Å². The van der Waals surface area contributed by atoms with Crippen LogP contribution in [0.25, 0.3) is 44.2 Å². The van der Waals surface area contributed by atoms with Crippen LogP contribution in [0.5, 0.6) is 0 Å². The van der Waals surface area contributed by atoms with E-state index in [2.05, 4.69) is 177 Å². The quantitative estimate of drug-likeness (QED) is 0.181. The molecule has 2 heteroatoms. The molecule has 0 radical (unpaired) electrons. The van der Waals surface area contributed by atoms with Crippen molar-refractivity contribution in [1.82, 2.24) is 0 Å². The lowest BCUT2D eigenvalue weighted by atomic mass is 9.81. The molecule has 0 N–H and O–H groups in total. The van der Waals surface area contributed by atoms with Crippen molar-refractivity contribution in [2.75, 3.05) is 4.90 Å². The predicted octanol–water partition coefficient (Wildman–Crippen LogP) is 10.2. The van der Waals surface area contributed by atoms with Gasteiger partial charge in [-0.25, -0.2) is 0 Å². The van der Waals surface area contributed by atoms with E-state index in [1.807, 2.05) is 0 Å². The minimum absolute atomic E-state index is 0.103. The van der Waals surface area contributed by atoms with E-state index < -0.39 is 8.80 Å². The summed E-state index contributed by atoms with van der Waals surface area (Å²) in [5.74, 6) is 0. The maximum Gasteiger partial charge on any atom is 0.101 e. The van der Waals surface area contributed by atoms with Crippen molar-refractivity contribution in [3.8, 4) is 33.4 Å². The Kier molecular flexibility index (Phi) is 6.00. The zero-order chi connectivity index (χ0) is 31.0. The van der Waals surface area contributed by atoms with E-state index >= 15 is 0 Å². The van der Waals surface area contributed by atoms with Crippen LogP contribution >= 0.6 is 0 Å². The van der Waals surface area contributed by atoms with E-state index in [0.717, 1.165) is 0 Å². The third-order valence-corrected chi connectivity index (χ3v) is 13.3. The average molecular weight is 606 g/mol. The van der Waals surface area contributed by atoms with Gasteiger partial charge in [0.2, 0.25) is 0 Å².